The van der Waals surface area contributed by atoms with Gasteiger partial charge in [0.1, 0.15) is 11.6 Å². The molecule has 0 unspecified atom stereocenters. The standard InChI is InChI=1S/C27H32N6O2S/c1-3-11-21(2)25-29-26(24-20-28-33(27(24)30-25)22-12-6-4-7-13-22)31-16-10-17-32(19-18-31)36(34,35)23-14-8-5-9-15-23/h4-9,12-15,20-21H,3,10-11,16-19H2,1-2H3/t21-/m1/s1. The highest BCUT2D eigenvalue weighted by Crippen LogP contribution is 2.30. The van der Waals surface area contributed by atoms with E-state index in [4.69, 9.17) is 9.97 Å². The SMILES string of the molecule is CCC[C@@H](C)c1nc(N2CCCN(S(=O)(=O)c3ccccc3)CC2)c2cnn(-c3ccccc3)c2n1. The second kappa shape index (κ2) is 10.4. The maximum Gasteiger partial charge on any atom is 0.243 e. The minimum atomic E-state index is -3.54. The number of aromatic nitrogens is 4. The second-order valence-corrected chi connectivity index (χ2v) is 11.2. The first-order valence-corrected chi connectivity index (χ1v) is 14.0. The molecule has 36 heavy (non-hydrogen) atoms. The van der Waals surface area contributed by atoms with E-state index in [9.17, 15) is 8.42 Å². The first kappa shape index (κ1) is 24.4. The van der Waals surface area contributed by atoms with Crippen LogP contribution in [-0.2, 0) is 10.0 Å². The van der Waals surface area contributed by atoms with Crippen molar-refractivity contribution in [1.82, 2.24) is 24.1 Å². The summed E-state index contributed by atoms with van der Waals surface area (Å²) in [6.45, 7) is 6.47. The van der Waals surface area contributed by atoms with Gasteiger partial charge in [-0.25, -0.2) is 23.1 Å². The minimum absolute atomic E-state index is 0.208. The lowest BCUT2D eigenvalue weighted by Crippen LogP contribution is -2.35. The van der Waals surface area contributed by atoms with E-state index in [1.807, 2.05) is 47.3 Å². The molecule has 1 saturated heterocycles. The summed E-state index contributed by atoms with van der Waals surface area (Å²) in [4.78, 5) is 12.5. The largest absolute Gasteiger partial charge is 0.355 e. The van der Waals surface area contributed by atoms with Gasteiger partial charge in [-0.3, -0.25) is 0 Å². The molecule has 0 radical (unpaired) electrons. The van der Waals surface area contributed by atoms with E-state index in [0.29, 0.717) is 37.5 Å². The zero-order valence-electron chi connectivity index (χ0n) is 20.8. The predicted octanol–water partition coefficient (Wildman–Crippen LogP) is 4.62. The van der Waals surface area contributed by atoms with Crippen LogP contribution in [0.25, 0.3) is 16.7 Å². The average Bonchev–Trinajstić information content (AvgIpc) is 3.17. The Kier molecular flexibility index (Phi) is 7.02. The quantitative estimate of drug-likeness (QED) is 0.365. The third-order valence-electron chi connectivity index (χ3n) is 6.72. The summed E-state index contributed by atoms with van der Waals surface area (Å²) in [7, 11) is -3.54. The lowest BCUT2D eigenvalue weighted by molar-refractivity contribution is 0.433. The summed E-state index contributed by atoms with van der Waals surface area (Å²) in [5.74, 6) is 1.84. The topological polar surface area (TPSA) is 84.2 Å². The second-order valence-electron chi connectivity index (χ2n) is 9.28. The molecule has 0 amide bonds. The van der Waals surface area contributed by atoms with Crippen LogP contribution in [0.2, 0.25) is 0 Å². The molecule has 4 aromatic rings. The summed E-state index contributed by atoms with van der Waals surface area (Å²) in [5.41, 5.74) is 1.73. The van der Waals surface area contributed by atoms with Crippen LogP contribution in [0.1, 0.15) is 44.9 Å². The van der Waals surface area contributed by atoms with Crippen LogP contribution < -0.4 is 4.90 Å². The smallest absolute Gasteiger partial charge is 0.243 e. The highest BCUT2D eigenvalue weighted by atomic mass is 32.2. The van der Waals surface area contributed by atoms with Crippen LogP contribution >= 0.6 is 0 Å². The Bertz CT molecular complexity index is 1420. The molecule has 188 valence electrons. The number of para-hydroxylation sites is 1. The van der Waals surface area contributed by atoms with Gasteiger partial charge in [-0.1, -0.05) is 56.7 Å². The Labute approximate surface area is 212 Å². The number of rotatable bonds is 7. The first-order valence-electron chi connectivity index (χ1n) is 12.6. The van der Waals surface area contributed by atoms with E-state index < -0.39 is 10.0 Å². The fourth-order valence-electron chi connectivity index (χ4n) is 4.78. The predicted molar refractivity (Wildman–Crippen MR) is 142 cm³/mol. The van der Waals surface area contributed by atoms with Crippen molar-refractivity contribution in [3.8, 4) is 5.69 Å². The van der Waals surface area contributed by atoms with Crippen LogP contribution in [0.15, 0.2) is 71.8 Å². The molecule has 3 heterocycles. The molecular formula is C27H32N6O2S. The van der Waals surface area contributed by atoms with Crippen LogP contribution in [0.3, 0.4) is 0 Å². The van der Waals surface area contributed by atoms with E-state index in [-0.39, 0.29) is 5.92 Å². The Hall–Kier alpha value is -3.30. The number of fused-ring (bicyclic) bond motifs is 1. The van der Waals surface area contributed by atoms with Crippen molar-refractivity contribution >= 4 is 26.9 Å². The Morgan fingerprint density at radius 3 is 2.36 bits per heavy atom. The van der Waals surface area contributed by atoms with Gasteiger partial charge >= 0.3 is 0 Å². The summed E-state index contributed by atoms with van der Waals surface area (Å²) in [6.07, 6.45) is 4.58. The van der Waals surface area contributed by atoms with Gasteiger partial charge in [0.25, 0.3) is 0 Å². The number of sulfonamides is 1. The van der Waals surface area contributed by atoms with E-state index in [0.717, 1.165) is 41.2 Å². The fourth-order valence-corrected chi connectivity index (χ4v) is 6.27. The van der Waals surface area contributed by atoms with Crippen LogP contribution in [0.4, 0.5) is 5.82 Å². The molecule has 1 aliphatic heterocycles. The molecule has 0 saturated carbocycles. The molecular weight excluding hydrogens is 472 g/mol. The molecule has 5 rings (SSSR count). The normalized spacial score (nSPS) is 16.2. The summed E-state index contributed by atoms with van der Waals surface area (Å²) in [5, 5.41) is 5.55. The highest BCUT2D eigenvalue weighted by Gasteiger charge is 2.28. The molecule has 0 N–H and O–H groups in total. The maximum atomic E-state index is 13.2. The molecule has 0 spiro atoms. The third-order valence-corrected chi connectivity index (χ3v) is 8.64. The number of nitrogens with zero attached hydrogens (tertiary/aromatic N) is 6. The van der Waals surface area contributed by atoms with E-state index in [1.54, 1.807) is 28.6 Å². The molecule has 1 aliphatic rings. The van der Waals surface area contributed by atoms with Gasteiger partial charge in [0, 0.05) is 32.1 Å². The van der Waals surface area contributed by atoms with Gasteiger partial charge in [0.15, 0.2) is 5.65 Å². The van der Waals surface area contributed by atoms with Gasteiger partial charge in [0.05, 0.1) is 22.2 Å². The zero-order chi connectivity index (χ0) is 25.1. The van der Waals surface area contributed by atoms with Crippen molar-refractivity contribution in [3.63, 3.8) is 0 Å². The molecule has 0 bridgehead atoms. The fraction of sp³-hybridized carbons (Fsp3) is 0.370. The molecule has 1 atom stereocenters. The van der Waals surface area contributed by atoms with Crippen molar-refractivity contribution in [1.29, 1.82) is 0 Å². The number of hydrogen-bond donors (Lipinski definition) is 0. The van der Waals surface area contributed by atoms with Crippen molar-refractivity contribution in [2.24, 2.45) is 0 Å². The zero-order valence-corrected chi connectivity index (χ0v) is 21.6. The Morgan fingerprint density at radius 2 is 1.64 bits per heavy atom. The van der Waals surface area contributed by atoms with Gasteiger partial charge in [-0.2, -0.15) is 9.40 Å². The van der Waals surface area contributed by atoms with Crippen LogP contribution in [0.5, 0.6) is 0 Å². The van der Waals surface area contributed by atoms with Crippen LogP contribution in [0, 0.1) is 0 Å². The highest BCUT2D eigenvalue weighted by molar-refractivity contribution is 7.89. The van der Waals surface area contributed by atoms with Crippen molar-refractivity contribution < 1.29 is 8.42 Å². The first-order chi connectivity index (χ1) is 17.5. The summed E-state index contributed by atoms with van der Waals surface area (Å²) >= 11 is 0. The Morgan fingerprint density at radius 1 is 0.917 bits per heavy atom. The lowest BCUT2D eigenvalue weighted by Gasteiger charge is -2.24. The molecule has 1 fully saturated rings. The molecule has 9 heteroatoms. The average molecular weight is 505 g/mol. The van der Waals surface area contributed by atoms with Gasteiger partial charge in [-0.05, 0) is 37.1 Å². The van der Waals surface area contributed by atoms with Crippen molar-refractivity contribution in [2.75, 3.05) is 31.1 Å². The number of anilines is 1. The molecule has 2 aromatic carbocycles. The summed E-state index contributed by atoms with van der Waals surface area (Å²) in [6, 6.07) is 18.7. The Balaban J connectivity index is 1.51. The van der Waals surface area contributed by atoms with E-state index >= 15 is 0 Å². The monoisotopic (exact) mass is 504 g/mol. The molecule has 0 aliphatic carbocycles. The number of benzene rings is 2. The van der Waals surface area contributed by atoms with Gasteiger partial charge < -0.3 is 4.90 Å². The molecule has 8 nitrogen and oxygen atoms in total. The van der Waals surface area contributed by atoms with E-state index in [2.05, 4.69) is 23.8 Å². The van der Waals surface area contributed by atoms with E-state index in [1.165, 1.54) is 0 Å². The van der Waals surface area contributed by atoms with Gasteiger partial charge in [0.2, 0.25) is 10.0 Å². The third kappa shape index (κ3) is 4.73. The van der Waals surface area contributed by atoms with Crippen LogP contribution in [-0.4, -0.2) is 58.7 Å². The van der Waals surface area contributed by atoms with Crippen molar-refractivity contribution in [2.45, 2.75) is 43.9 Å². The number of hydrogen-bond acceptors (Lipinski definition) is 6. The van der Waals surface area contributed by atoms with Crippen molar-refractivity contribution in [3.05, 3.63) is 72.7 Å². The minimum Gasteiger partial charge on any atom is -0.355 e. The molecule has 2 aromatic heterocycles. The lowest BCUT2D eigenvalue weighted by atomic mass is 10.1. The maximum absolute atomic E-state index is 13.2. The van der Waals surface area contributed by atoms with Gasteiger partial charge in [-0.15, -0.1) is 0 Å². The summed E-state index contributed by atoms with van der Waals surface area (Å²) < 4.78 is 29.9.